The molecule has 0 spiro atoms. The number of nitrogens with one attached hydrogen (secondary N) is 1. The van der Waals surface area contributed by atoms with E-state index in [2.05, 4.69) is 15.3 Å². The van der Waals surface area contributed by atoms with Crippen LogP contribution in [0.15, 0.2) is 82.8 Å². The van der Waals surface area contributed by atoms with Gasteiger partial charge in [-0.2, -0.15) is 5.12 Å². The Morgan fingerprint density at radius 2 is 1.78 bits per heavy atom. The van der Waals surface area contributed by atoms with Gasteiger partial charge in [0.15, 0.2) is 5.65 Å². The van der Waals surface area contributed by atoms with Crippen LogP contribution < -0.4 is 16.6 Å². The van der Waals surface area contributed by atoms with E-state index < -0.39 is 29.0 Å². The van der Waals surface area contributed by atoms with E-state index in [1.54, 1.807) is 42.5 Å². The summed E-state index contributed by atoms with van der Waals surface area (Å²) in [6.45, 7) is -0.0620. The molecule has 1 aliphatic heterocycles. The summed E-state index contributed by atoms with van der Waals surface area (Å²) in [5.41, 5.74) is 1.52. The Morgan fingerprint density at radius 1 is 1.00 bits per heavy atom. The molecule has 0 unspecified atom stereocenters. The van der Waals surface area contributed by atoms with Crippen molar-refractivity contribution in [2.75, 3.05) is 0 Å². The standard InChI is InChI=1S/C33H27F2N7O4/c34-23-15-27-30(36-16-23)41(26-3-1-2-22(14-26)21-6-4-20(18-43)5-7-21)33(46)42(32(27)45)25-10-8-24(9-11-25)37-31(44)28-17-39-19-40(35)13-12-29(39)38-28/h1-7,12-18,24-25H,8-11,19H2,(H,37,44). The number of fused-ring (bicyclic) bond motifs is 2. The lowest BCUT2D eigenvalue weighted by molar-refractivity contribution is 0.0492. The Hall–Kier alpha value is -5.72. The second-order valence-corrected chi connectivity index (χ2v) is 11.4. The van der Waals surface area contributed by atoms with Gasteiger partial charge in [-0.05, 0) is 61.1 Å². The molecular formula is C33H27F2N7O4. The number of aromatic nitrogens is 5. The van der Waals surface area contributed by atoms with E-state index in [1.165, 1.54) is 32.2 Å². The number of amides is 1. The van der Waals surface area contributed by atoms with E-state index in [0.717, 1.165) is 29.7 Å². The minimum absolute atomic E-state index is 0.0274. The number of pyridine rings is 1. The Bertz CT molecular complexity index is 2140. The monoisotopic (exact) mass is 623 g/mol. The van der Waals surface area contributed by atoms with Gasteiger partial charge in [-0.25, -0.2) is 23.7 Å². The molecule has 1 amide bonds. The number of carbonyl (C=O) groups excluding carboxylic acids is 2. The first-order chi connectivity index (χ1) is 22.3. The maximum atomic E-state index is 14.4. The van der Waals surface area contributed by atoms with Gasteiger partial charge in [0.25, 0.3) is 11.5 Å². The summed E-state index contributed by atoms with van der Waals surface area (Å²) in [5, 5.41) is 3.42. The minimum Gasteiger partial charge on any atom is -0.348 e. The summed E-state index contributed by atoms with van der Waals surface area (Å²) in [6, 6.07) is 14.5. The molecule has 1 saturated carbocycles. The summed E-state index contributed by atoms with van der Waals surface area (Å²) < 4.78 is 31.9. The highest BCUT2D eigenvalue weighted by Gasteiger charge is 2.29. The van der Waals surface area contributed by atoms with Gasteiger partial charge in [-0.1, -0.05) is 40.9 Å². The summed E-state index contributed by atoms with van der Waals surface area (Å²) in [7, 11) is 0. The number of aldehydes is 1. The quantitative estimate of drug-likeness (QED) is 0.220. The van der Waals surface area contributed by atoms with Crippen molar-refractivity contribution in [1.82, 2.24) is 34.1 Å². The maximum Gasteiger partial charge on any atom is 0.337 e. The van der Waals surface area contributed by atoms with Crippen molar-refractivity contribution in [3.8, 4) is 16.8 Å². The van der Waals surface area contributed by atoms with Crippen molar-refractivity contribution in [3.63, 3.8) is 0 Å². The smallest absolute Gasteiger partial charge is 0.337 e. The van der Waals surface area contributed by atoms with Crippen LogP contribution in [0.4, 0.5) is 8.87 Å². The highest BCUT2D eigenvalue weighted by atomic mass is 19.2. The molecule has 1 aliphatic carbocycles. The molecule has 4 heterocycles. The van der Waals surface area contributed by atoms with E-state index in [1.807, 2.05) is 6.07 Å². The second-order valence-electron chi connectivity index (χ2n) is 11.4. The largest absolute Gasteiger partial charge is 0.348 e. The summed E-state index contributed by atoms with van der Waals surface area (Å²) in [5.74, 6) is -0.619. The third-order valence-corrected chi connectivity index (χ3v) is 8.49. The van der Waals surface area contributed by atoms with Crippen molar-refractivity contribution in [1.29, 1.82) is 0 Å². The third-order valence-electron chi connectivity index (χ3n) is 8.49. The molecule has 2 aromatic carbocycles. The lowest BCUT2D eigenvalue weighted by Gasteiger charge is -2.30. The number of hydrogen-bond donors (Lipinski definition) is 1. The normalized spacial score (nSPS) is 17.6. The number of nitrogens with zero attached hydrogens (tertiary/aromatic N) is 6. The molecule has 232 valence electrons. The Labute approximate surface area is 260 Å². The van der Waals surface area contributed by atoms with Crippen molar-refractivity contribution in [2.45, 2.75) is 44.4 Å². The van der Waals surface area contributed by atoms with Gasteiger partial charge in [0.1, 0.15) is 30.3 Å². The topological polar surface area (TPSA) is 124 Å². The Morgan fingerprint density at radius 3 is 2.54 bits per heavy atom. The summed E-state index contributed by atoms with van der Waals surface area (Å²) in [4.78, 5) is 60.3. The van der Waals surface area contributed by atoms with E-state index in [-0.39, 0.29) is 29.4 Å². The number of halogens is 2. The number of rotatable bonds is 6. The van der Waals surface area contributed by atoms with Crippen molar-refractivity contribution in [3.05, 3.63) is 117 Å². The van der Waals surface area contributed by atoms with Crippen LogP contribution in [0.5, 0.6) is 0 Å². The first kappa shape index (κ1) is 29.0. The van der Waals surface area contributed by atoms with Gasteiger partial charge in [0.05, 0.1) is 17.3 Å². The van der Waals surface area contributed by atoms with Gasteiger partial charge in [0.2, 0.25) is 0 Å². The van der Waals surface area contributed by atoms with Gasteiger partial charge in [0, 0.05) is 30.0 Å². The lowest BCUT2D eigenvalue weighted by atomic mass is 9.90. The van der Waals surface area contributed by atoms with Crippen LogP contribution in [-0.2, 0) is 6.67 Å². The molecular weight excluding hydrogens is 596 g/mol. The van der Waals surface area contributed by atoms with Crippen molar-refractivity contribution >= 4 is 29.3 Å². The first-order valence-electron chi connectivity index (χ1n) is 14.8. The molecule has 11 nitrogen and oxygen atoms in total. The summed E-state index contributed by atoms with van der Waals surface area (Å²) in [6.07, 6.45) is 7.73. The van der Waals surface area contributed by atoms with Crippen LogP contribution in [0.2, 0.25) is 0 Å². The number of benzene rings is 2. The predicted octanol–water partition coefficient (Wildman–Crippen LogP) is 4.40. The molecule has 5 aromatic rings. The van der Waals surface area contributed by atoms with Crippen LogP contribution in [0.25, 0.3) is 33.9 Å². The number of hydrogen-bond acceptors (Lipinski definition) is 7. The molecule has 2 aliphatic rings. The van der Waals surface area contributed by atoms with Crippen LogP contribution in [-0.4, -0.2) is 47.0 Å². The van der Waals surface area contributed by atoms with Crippen molar-refractivity contribution in [2.24, 2.45) is 0 Å². The molecule has 0 atom stereocenters. The average Bonchev–Trinajstić information content (AvgIpc) is 3.50. The first-order valence-corrected chi connectivity index (χ1v) is 14.8. The maximum absolute atomic E-state index is 14.4. The average molecular weight is 624 g/mol. The molecule has 3 aromatic heterocycles. The minimum atomic E-state index is -0.701. The summed E-state index contributed by atoms with van der Waals surface area (Å²) >= 11 is 0. The number of carbonyl (C=O) groups is 2. The highest BCUT2D eigenvalue weighted by Crippen LogP contribution is 2.28. The van der Waals surface area contributed by atoms with Gasteiger partial charge < -0.3 is 9.88 Å². The SMILES string of the molecule is O=Cc1ccc(-c2cccc(-n3c(=O)n(C4CCC(NC(=O)c5cn6c(n5)C=CN(F)C6)CC4)c(=O)c4cc(F)cnc43)c2)cc1. The van der Waals surface area contributed by atoms with Crippen LogP contribution in [0, 0.1) is 5.82 Å². The van der Waals surface area contributed by atoms with Crippen LogP contribution in [0.1, 0.15) is 58.4 Å². The van der Waals surface area contributed by atoms with Crippen LogP contribution in [0.3, 0.4) is 0 Å². The molecule has 1 fully saturated rings. The Kier molecular flexibility index (Phi) is 7.35. The fourth-order valence-electron chi connectivity index (χ4n) is 6.18. The number of imidazole rings is 1. The zero-order valence-corrected chi connectivity index (χ0v) is 24.3. The lowest BCUT2D eigenvalue weighted by Crippen LogP contribution is -2.45. The van der Waals surface area contributed by atoms with E-state index in [9.17, 15) is 28.0 Å². The molecule has 0 radical (unpaired) electrons. The van der Waals surface area contributed by atoms with E-state index in [0.29, 0.717) is 47.9 Å². The van der Waals surface area contributed by atoms with Crippen molar-refractivity contribution < 1.29 is 18.5 Å². The van der Waals surface area contributed by atoms with Gasteiger partial charge in [-0.15, -0.1) is 0 Å². The fourth-order valence-corrected chi connectivity index (χ4v) is 6.18. The highest BCUT2D eigenvalue weighted by molar-refractivity contribution is 5.92. The third kappa shape index (κ3) is 5.29. The molecule has 1 N–H and O–H groups in total. The fraction of sp³-hybridized carbons (Fsp3) is 0.212. The predicted molar refractivity (Wildman–Crippen MR) is 165 cm³/mol. The van der Waals surface area contributed by atoms with Crippen LogP contribution >= 0.6 is 0 Å². The van der Waals surface area contributed by atoms with Gasteiger partial charge >= 0.3 is 5.69 Å². The zero-order chi connectivity index (χ0) is 31.9. The molecule has 0 bridgehead atoms. The molecule has 46 heavy (non-hydrogen) atoms. The second kappa shape index (κ2) is 11.7. The molecule has 7 rings (SSSR count). The van der Waals surface area contributed by atoms with Gasteiger partial charge in [-0.3, -0.25) is 19.0 Å². The zero-order valence-electron chi connectivity index (χ0n) is 24.3. The molecule has 0 saturated heterocycles. The Balaban J connectivity index is 1.18. The van der Waals surface area contributed by atoms with E-state index >= 15 is 0 Å². The molecule has 13 heteroatoms. The van der Waals surface area contributed by atoms with E-state index in [4.69, 9.17) is 0 Å².